The summed E-state index contributed by atoms with van der Waals surface area (Å²) in [6.07, 6.45) is -10.9. The molecule has 0 saturated heterocycles. The summed E-state index contributed by atoms with van der Waals surface area (Å²) in [6, 6.07) is 0.393. The minimum absolute atomic E-state index is 0.151. The van der Waals surface area contributed by atoms with Crippen molar-refractivity contribution in [2.45, 2.75) is 25.7 Å². The van der Waals surface area contributed by atoms with Gasteiger partial charge in [-0.3, -0.25) is 9.78 Å². The molecular formula is C11H9F6NO2. The van der Waals surface area contributed by atoms with E-state index >= 15 is 0 Å². The number of nitrogens with zero attached hydrogens (tertiary/aromatic N) is 1. The van der Waals surface area contributed by atoms with E-state index < -0.39 is 41.6 Å². The molecule has 0 aliphatic heterocycles. The first-order valence-electron chi connectivity index (χ1n) is 5.35. The molecule has 0 aliphatic carbocycles. The van der Waals surface area contributed by atoms with Crippen LogP contribution in [0.15, 0.2) is 12.3 Å². The van der Waals surface area contributed by atoms with Gasteiger partial charge >= 0.3 is 18.3 Å². The molecule has 1 rings (SSSR count). The molecule has 0 fully saturated rings. The standard InChI is InChI=1S/C11H9F6NO2/c1-2-20-8(19)5-6-7(10(12,13)14)3-4-18-9(6)11(15,16)17/h3-4H,2,5H2,1H3. The zero-order valence-electron chi connectivity index (χ0n) is 10.1. The van der Waals surface area contributed by atoms with Gasteiger partial charge in [-0.05, 0) is 13.0 Å². The van der Waals surface area contributed by atoms with E-state index in [0.717, 1.165) is 0 Å². The van der Waals surface area contributed by atoms with Gasteiger partial charge in [-0.2, -0.15) is 26.3 Å². The molecule has 0 aliphatic rings. The van der Waals surface area contributed by atoms with Crippen LogP contribution in [0.4, 0.5) is 26.3 Å². The first-order valence-corrected chi connectivity index (χ1v) is 5.35. The van der Waals surface area contributed by atoms with Crippen molar-refractivity contribution in [1.82, 2.24) is 4.98 Å². The van der Waals surface area contributed by atoms with E-state index in [4.69, 9.17) is 0 Å². The van der Waals surface area contributed by atoms with E-state index in [0.29, 0.717) is 12.3 Å². The minimum Gasteiger partial charge on any atom is -0.466 e. The van der Waals surface area contributed by atoms with E-state index in [-0.39, 0.29) is 6.61 Å². The molecule has 112 valence electrons. The molecule has 0 aromatic carbocycles. The van der Waals surface area contributed by atoms with Crippen molar-refractivity contribution in [3.63, 3.8) is 0 Å². The van der Waals surface area contributed by atoms with E-state index in [1.54, 1.807) is 0 Å². The zero-order valence-corrected chi connectivity index (χ0v) is 10.1. The highest BCUT2D eigenvalue weighted by molar-refractivity contribution is 5.73. The molecule has 0 atom stereocenters. The fourth-order valence-electron chi connectivity index (χ4n) is 1.54. The fraction of sp³-hybridized carbons (Fsp3) is 0.455. The third-order valence-corrected chi connectivity index (χ3v) is 2.26. The maximum absolute atomic E-state index is 12.7. The minimum atomic E-state index is -5.09. The highest BCUT2D eigenvalue weighted by atomic mass is 19.4. The number of hydrogen-bond donors (Lipinski definition) is 0. The van der Waals surface area contributed by atoms with Gasteiger partial charge in [0.05, 0.1) is 18.6 Å². The number of carbonyl (C=O) groups is 1. The molecular weight excluding hydrogens is 292 g/mol. The lowest BCUT2D eigenvalue weighted by atomic mass is 10.0. The second-order valence-corrected chi connectivity index (χ2v) is 3.66. The molecule has 0 saturated carbocycles. The quantitative estimate of drug-likeness (QED) is 0.635. The van der Waals surface area contributed by atoms with Gasteiger partial charge in [0, 0.05) is 11.8 Å². The first-order chi connectivity index (χ1) is 9.07. The Morgan fingerprint density at radius 1 is 1.20 bits per heavy atom. The van der Waals surface area contributed by atoms with Crippen LogP contribution in [-0.2, 0) is 28.3 Å². The van der Waals surface area contributed by atoms with Gasteiger partial charge < -0.3 is 4.74 Å². The highest BCUT2D eigenvalue weighted by Gasteiger charge is 2.42. The Morgan fingerprint density at radius 3 is 2.25 bits per heavy atom. The van der Waals surface area contributed by atoms with E-state index in [2.05, 4.69) is 9.72 Å². The van der Waals surface area contributed by atoms with Crippen LogP contribution in [0.2, 0.25) is 0 Å². The number of aromatic nitrogens is 1. The van der Waals surface area contributed by atoms with Crippen LogP contribution < -0.4 is 0 Å². The van der Waals surface area contributed by atoms with Gasteiger partial charge in [-0.25, -0.2) is 0 Å². The van der Waals surface area contributed by atoms with Gasteiger partial charge in [-0.1, -0.05) is 0 Å². The molecule has 9 heteroatoms. The van der Waals surface area contributed by atoms with Gasteiger partial charge in [0.25, 0.3) is 0 Å². The predicted octanol–water partition coefficient (Wildman–Crippen LogP) is 3.22. The Balaban J connectivity index is 3.37. The first kappa shape index (κ1) is 16.3. The summed E-state index contributed by atoms with van der Waals surface area (Å²) in [6.45, 7) is 1.23. The molecule has 1 heterocycles. The maximum Gasteiger partial charge on any atom is 0.433 e. The smallest absolute Gasteiger partial charge is 0.433 e. The van der Waals surface area contributed by atoms with Crippen molar-refractivity contribution in [3.8, 4) is 0 Å². The predicted molar refractivity (Wildman–Crippen MR) is 54.6 cm³/mol. The number of halogens is 6. The lowest BCUT2D eigenvalue weighted by Gasteiger charge is -2.17. The van der Waals surface area contributed by atoms with Gasteiger partial charge in [0.2, 0.25) is 0 Å². The van der Waals surface area contributed by atoms with E-state index in [1.165, 1.54) is 6.92 Å². The van der Waals surface area contributed by atoms with Crippen molar-refractivity contribution in [2.24, 2.45) is 0 Å². The molecule has 0 amide bonds. The number of carbonyl (C=O) groups excluding carboxylic acids is 1. The second-order valence-electron chi connectivity index (χ2n) is 3.66. The summed E-state index contributed by atoms with van der Waals surface area (Å²) in [5, 5.41) is 0. The normalized spacial score (nSPS) is 12.3. The summed E-state index contributed by atoms with van der Waals surface area (Å²) in [7, 11) is 0. The van der Waals surface area contributed by atoms with Gasteiger partial charge in [-0.15, -0.1) is 0 Å². The Kier molecular flexibility index (Phi) is 4.61. The van der Waals surface area contributed by atoms with Gasteiger partial charge in [0.15, 0.2) is 0 Å². The van der Waals surface area contributed by atoms with Crippen LogP contribution in [0.3, 0.4) is 0 Å². The lowest BCUT2D eigenvalue weighted by molar-refractivity contribution is -0.148. The monoisotopic (exact) mass is 301 g/mol. The Morgan fingerprint density at radius 2 is 1.80 bits per heavy atom. The van der Waals surface area contributed by atoms with Crippen molar-refractivity contribution in [2.75, 3.05) is 6.61 Å². The Bertz CT molecular complexity index is 462. The number of esters is 1. The van der Waals surface area contributed by atoms with Crippen molar-refractivity contribution in [3.05, 3.63) is 29.1 Å². The van der Waals surface area contributed by atoms with Crippen LogP contribution in [0.1, 0.15) is 23.7 Å². The van der Waals surface area contributed by atoms with Crippen LogP contribution in [0, 0.1) is 0 Å². The molecule has 1 aromatic rings. The number of hydrogen-bond acceptors (Lipinski definition) is 3. The van der Waals surface area contributed by atoms with E-state index in [9.17, 15) is 31.1 Å². The largest absolute Gasteiger partial charge is 0.466 e. The summed E-state index contributed by atoms with van der Waals surface area (Å²) < 4.78 is 80.5. The average Bonchev–Trinajstić information content (AvgIpc) is 2.26. The molecule has 0 N–H and O–H groups in total. The maximum atomic E-state index is 12.7. The Hall–Kier alpha value is -1.80. The van der Waals surface area contributed by atoms with Gasteiger partial charge in [0.1, 0.15) is 5.69 Å². The topological polar surface area (TPSA) is 39.2 Å². The summed E-state index contributed by atoms with van der Waals surface area (Å²) in [4.78, 5) is 14.1. The summed E-state index contributed by atoms with van der Waals surface area (Å²) >= 11 is 0. The highest BCUT2D eigenvalue weighted by Crippen LogP contribution is 2.38. The number of pyridine rings is 1. The van der Waals surface area contributed by atoms with Crippen molar-refractivity contribution >= 4 is 5.97 Å². The number of ether oxygens (including phenoxy) is 1. The molecule has 0 radical (unpaired) electrons. The molecule has 0 unspecified atom stereocenters. The van der Waals surface area contributed by atoms with Crippen LogP contribution >= 0.6 is 0 Å². The van der Waals surface area contributed by atoms with E-state index in [1.807, 2.05) is 0 Å². The molecule has 3 nitrogen and oxygen atoms in total. The fourth-order valence-corrected chi connectivity index (χ4v) is 1.54. The lowest BCUT2D eigenvalue weighted by Crippen LogP contribution is -2.21. The van der Waals surface area contributed by atoms with Crippen LogP contribution in [0.25, 0.3) is 0 Å². The van der Waals surface area contributed by atoms with Crippen LogP contribution in [0.5, 0.6) is 0 Å². The number of alkyl halides is 6. The zero-order chi connectivity index (χ0) is 15.6. The SMILES string of the molecule is CCOC(=O)Cc1c(C(F)(F)F)ccnc1C(F)(F)F. The third kappa shape index (κ3) is 3.84. The molecule has 20 heavy (non-hydrogen) atoms. The van der Waals surface area contributed by atoms with Crippen LogP contribution in [-0.4, -0.2) is 17.6 Å². The molecule has 0 bridgehead atoms. The summed E-state index contributed by atoms with van der Waals surface area (Å²) in [5.41, 5.74) is -4.51. The number of rotatable bonds is 3. The third-order valence-electron chi connectivity index (χ3n) is 2.26. The van der Waals surface area contributed by atoms with Crippen molar-refractivity contribution < 1.29 is 35.9 Å². The second kappa shape index (κ2) is 5.68. The molecule has 1 aromatic heterocycles. The molecule has 0 spiro atoms. The Labute approximate surface area is 109 Å². The summed E-state index contributed by atoms with van der Waals surface area (Å²) in [5.74, 6) is -1.18. The average molecular weight is 301 g/mol. The van der Waals surface area contributed by atoms with Crippen molar-refractivity contribution in [1.29, 1.82) is 0 Å².